The molecular formula is C14H18N2. The summed E-state index contributed by atoms with van der Waals surface area (Å²) in [5.74, 6) is 0. The molecule has 4 aliphatic rings. The first-order valence-corrected chi connectivity index (χ1v) is 6.19. The zero-order valence-corrected chi connectivity index (χ0v) is 10.1. The van der Waals surface area contributed by atoms with Gasteiger partial charge in [-0.05, 0) is 49.4 Å². The molecule has 16 heavy (non-hydrogen) atoms. The van der Waals surface area contributed by atoms with E-state index in [0.29, 0.717) is 0 Å². The molecule has 2 nitrogen and oxygen atoms in total. The van der Waals surface area contributed by atoms with Crippen LogP contribution in [-0.4, -0.2) is 0 Å². The van der Waals surface area contributed by atoms with Crippen molar-refractivity contribution in [3.8, 4) is 12.1 Å². The van der Waals surface area contributed by atoms with Crippen molar-refractivity contribution in [2.24, 2.45) is 21.7 Å². The third-order valence-electron chi connectivity index (χ3n) is 5.07. The Morgan fingerprint density at radius 1 is 0.688 bits per heavy atom. The van der Waals surface area contributed by atoms with Crippen molar-refractivity contribution in [3.05, 3.63) is 0 Å². The second-order valence-electron chi connectivity index (χ2n) is 7.47. The Bertz CT molecular complexity index is 383. The first kappa shape index (κ1) is 10.2. The minimum atomic E-state index is -0.187. The van der Waals surface area contributed by atoms with Crippen LogP contribution in [0, 0.1) is 44.3 Å². The van der Waals surface area contributed by atoms with Crippen LogP contribution in [0.1, 0.15) is 52.4 Å². The Morgan fingerprint density at radius 2 is 1.06 bits per heavy atom. The van der Waals surface area contributed by atoms with Crippen LogP contribution in [0.3, 0.4) is 0 Å². The van der Waals surface area contributed by atoms with Crippen molar-refractivity contribution in [3.63, 3.8) is 0 Å². The van der Waals surface area contributed by atoms with Crippen LogP contribution < -0.4 is 0 Å². The fourth-order valence-electron chi connectivity index (χ4n) is 5.93. The van der Waals surface area contributed by atoms with Gasteiger partial charge in [0.05, 0.1) is 23.0 Å². The average molecular weight is 214 g/mol. The maximum Gasteiger partial charge on any atom is 0.0690 e. The second kappa shape index (κ2) is 2.45. The molecule has 0 aromatic rings. The van der Waals surface area contributed by atoms with Gasteiger partial charge in [0.2, 0.25) is 0 Å². The Balaban J connectivity index is 2.14. The molecule has 0 radical (unpaired) electrons. The normalized spacial score (nSPS) is 58.0. The van der Waals surface area contributed by atoms with Gasteiger partial charge >= 0.3 is 0 Å². The van der Waals surface area contributed by atoms with Gasteiger partial charge in [-0.25, -0.2) is 0 Å². The summed E-state index contributed by atoms with van der Waals surface area (Å²) in [7, 11) is 0. The van der Waals surface area contributed by atoms with E-state index in [1.54, 1.807) is 0 Å². The summed E-state index contributed by atoms with van der Waals surface area (Å²) < 4.78 is 0. The van der Waals surface area contributed by atoms with Crippen LogP contribution in [0.5, 0.6) is 0 Å². The molecule has 0 spiro atoms. The van der Waals surface area contributed by atoms with E-state index in [-0.39, 0.29) is 21.7 Å². The maximum absolute atomic E-state index is 9.51. The third kappa shape index (κ3) is 1.11. The first-order valence-electron chi connectivity index (χ1n) is 6.19. The highest BCUT2D eigenvalue weighted by Gasteiger charge is 2.66. The molecule has 0 saturated heterocycles. The predicted octanol–water partition coefficient (Wildman–Crippen LogP) is 3.40. The molecule has 0 atom stereocenters. The summed E-state index contributed by atoms with van der Waals surface area (Å²) >= 11 is 0. The summed E-state index contributed by atoms with van der Waals surface area (Å²) in [6.45, 7) is 4.59. The summed E-state index contributed by atoms with van der Waals surface area (Å²) in [5.41, 5.74) is 0.117. The lowest BCUT2D eigenvalue weighted by Gasteiger charge is -2.65. The average Bonchev–Trinajstić information content (AvgIpc) is 2.12. The molecule has 4 aliphatic carbocycles. The highest BCUT2D eigenvalue weighted by atomic mass is 14.7. The highest BCUT2D eigenvalue weighted by Crippen LogP contribution is 2.73. The first-order chi connectivity index (χ1) is 7.36. The SMILES string of the molecule is CC12CC3(C)CC(C#N)(C1)CC(C#N)(C2)C3. The lowest BCUT2D eigenvalue weighted by Crippen LogP contribution is -2.58. The molecule has 4 rings (SSSR count). The van der Waals surface area contributed by atoms with Crippen LogP contribution in [-0.2, 0) is 0 Å². The van der Waals surface area contributed by atoms with Gasteiger partial charge in [0.1, 0.15) is 0 Å². The zero-order valence-electron chi connectivity index (χ0n) is 10.1. The number of hydrogen-bond donors (Lipinski definition) is 0. The lowest BCUT2D eigenvalue weighted by molar-refractivity contribution is -0.147. The molecule has 0 aromatic heterocycles. The summed E-state index contributed by atoms with van der Waals surface area (Å²) in [5, 5.41) is 19.0. The van der Waals surface area contributed by atoms with Crippen molar-refractivity contribution in [1.82, 2.24) is 0 Å². The minimum absolute atomic E-state index is 0.187. The van der Waals surface area contributed by atoms with Crippen molar-refractivity contribution in [2.75, 3.05) is 0 Å². The minimum Gasteiger partial charge on any atom is -0.198 e. The van der Waals surface area contributed by atoms with E-state index in [1.807, 2.05) is 0 Å². The van der Waals surface area contributed by atoms with E-state index >= 15 is 0 Å². The van der Waals surface area contributed by atoms with Gasteiger partial charge in [0, 0.05) is 0 Å². The molecule has 0 aliphatic heterocycles. The Labute approximate surface area is 97.3 Å². The van der Waals surface area contributed by atoms with Crippen LogP contribution in [0.15, 0.2) is 0 Å². The van der Waals surface area contributed by atoms with Gasteiger partial charge in [-0.3, -0.25) is 0 Å². The van der Waals surface area contributed by atoms with E-state index < -0.39 is 0 Å². The molecule has 0 amide bonds. The number of rotatable bonds is 0. The number of nitrogens with zero attached hydrogens (tertiary/aromatic N) is 2. The van der Waals surface area contributed by atoms with Gasteiger partial charge in [0.15, 0.2) is 0 Å². The second-order valence-corrected chi connectivity index (χ2v) is 7.47. The van der Waals surface area contributed by atoms with Gasteiger partial charge < -0.3 is 0 Å². The van der Waals surface area contributed by atoms with E-state index in [4.69, 9.17) is 0 Å². The summed E-state index contributed by atoms with van der Waals surface area (Å²) in [6.07, 6.45) is 6.14. The molecule has 0 unspecified atom stereocenters. The molecule has 84 valence electrons. The van der Waals surface area contributed by atoms with Crippen LogP contribution >= 0.6 is 0 Å². The monoisotopic (exact) mass is 214 g/mol. The summed E-state index contributed by atoms with van der Waals surface area (Å²) in [4.78, 5) is 0. The largest absolute Gasteiger partial charge is 0.198 e. The van der Waals surface area contributed by atoms with Gasteiger partial charge in [-0.2, -0.15) is 10.5 Å². The smallest absolute Gasteiger partial charge is 0.0690 e. The van der Waals surface area contributed by atoms with Gasteiger partial charge in [0.25, 0.3) is 0 Å². The van der Waals surface area contributed by atoms with E-state index in [1.165, 1.54) is 6.42 Å². The third-order valence-corrected chi connectivity index (χ3v) is 5.07. The highest BCUT2D eigenvalue weighted by molar-refractivity contribution is 5.25. The standard InChI is InChI=1S/C14H18N2/c1-11-3-12(2)6-13(4-11,9-15)8-14(5-11,7-12)10-16/h3-8H2,1-2H3. The van der Waals surface area contributed by atoms with Crippen LogP contribution in [0.4, 0.5) is 0 Å². The van der Waals surface area contributed by atoms with E-state index in [9.17, 15) is 10.5 Å². The number of hydrogen-bond acceptors (Lipinski definition) is 2. The lowest BCUT2D eigenvalue weighted by atomic mass is 9.36. The van der Waals surface area contributed by atoms with Crippen molar-refractivity contribution in [2.45, 2.75) is 52.4 Å². The Hall–Kier alpha value is -1.02. The molecule has 0 aromatic carbocycles. The summed E-state index contributed by atoms with van der Waals surface area (Å²) in [6, 6.07) is 5.14. The quantitative estimate of drug-likeness (QED) is 0.620. The molecular weight excluding hydrogens is 196 g/mol. The Morgan fingerprint density at radius 3 is 1.38 bits per heavy atom. The molecule has 4 bridgehead atoms. The van der Waals surface area contributed by atoms with Crippen LogP contribution in [0.2, 0.25) is 0 Å². The van der Waals surface area contributed by atoms with Crippen molar-refractivity contribution >= 4 is 0 Å². The fourth-order valence-corrected chi connectivity index (χ4v) is 5.93. The fraction of sp³-hybridized carbons (Fsp3) is 0.857. The number of nitriles is 2. The predicted molar refractivity (Wildman–Crippen MR) is 60.0 cm³/mol. The zero-order chi connectivity index (χ0) is 11.7. The molecule has 2 heteroatoms. The maximum atomic E-state index is 9.51. The Kier molecular flexibility index (Phi) is 1.56. The molecule has 4 saturated carbocycles. The van der Waals surface area contributed by atoms with Crippen molar-refractivity contribution < 1.29 is 0 Å². The van der Waals surface area contributed by atoms with Crippen molar-refractivity contribution in [1.29, 1.82) is 10.5 Å². The van der Waals surface area contributed by atoms with Gasteiger partial charge in [-0.15, -0.1) is 0 Å². The molecule has 4 fully saturated rings. The van der Waals surface area contributed by atoms with Crippen LogP contribution in [0.25, 0.3) is 0 Å². The molecule has 0 heterocycles. The van der Waals surface area contributed by atoms with E-state index in [2.05, 4.69) is 26.0 Å². The topological polar surface area (TPSA) is 47.6 Å². The van der Waals surface area contributed by atoms with Gasteiger partial charge in [-0.1, -0.05) is 13.8 Å². The van der Waals surface area contributed by atoms with E-state index in [0.717, 1.165) is 32.1 Å². The molecule has 0 N–H and O–H groups in total.